The zero-order valence-electron chi connectivity index (χ0n) is 27.9. The Morgan fingerprint density at radius 3 is 2.15 bits per heavy atom. The van der Waals surface area contributed by atoms with E-state index in [4.69, 9.17) is 14.5 Å². The minimum absolute atomic E-state index is 0.197. The predicted molar refractivity (Wildman–Crippen MR) is 185 cm³/mol. The minimum Gasteiger partial charge on any atom is -0.494 e. The lowest BCUT2D eigenvalue weighted by Crippen LogP contribution is -2.52. The monoisotopic (exact) mass is 665 g/mol. The molecule has 3 aliphatic rings. The van der Waals surface area contributed by atoms with Crippen LogP contribution in [0.4, 0.5) is 34.9 Å². The molecule has 0 atom stereocenters. The summed E-state index contributed by atoms with van der Waals surface area (Å²) in [6.07, 6.45) is 2.30. The van der Waals surface area contributed by atoms with Gasteiger partial charge in [-0.05, 0) is 58.0 Å². The van der Waals surface area contributed by atoms with Crippen molar-refractivity contribution in [3.8, 4) is 5.75 Å². The summed E-state index contributed by atoms with van der Waals surface area (Å²) in [6.45, 7) is 12.3. The van der Waals surface area contributed by atoms with Crippen molar-refractivity contribution in [1.82, 2.24) is 24.8 Å². The minimum atomic E-state index is -3.55. The molecule has 0 radical (unpaired) electrons. The van der Waals surface area contributed by atoms with Crippen LogP contribution in [0.5, 0.6) is 5.75 Å². The number of nitrogens with one attached hydrogen (secondary N) is 2. The van der Waals surface area contributed by atoms with E-state index in [9.17, 15) is 8.42 Å². The van der Waals surface area contributed by atoms with Gasteiger partial charge in [0.2, 0.25) is 17.8 Å². The third-order valence-corrected chi connectivity index (χ3v) is 11.5. The molecule has 3 saturated heterocycles. The fourth-order valence-corrected chi connectivity index (χ4v) is 7.55. The van der Waals surface area contributed by atoms with Crippen LogP contribution in [0.1, 0.15) is 26.7 Å². The zero-order chi connectivity index (χ0) is 33.0. The summed E-state index contributed by atoms with van der Waals surface area (Å²) in [5.41, 5.74) is 2.25. The molecule has 2 N–H and O–H groups in total. The number of methoxy groups -OCH3 is 1. The van der Waals surface area contributed by atoms with Crippen molar-refractivity contribution >= 4 is 44.7 Å². The van der Waals surface area contributed by atoms with Gasteiger partial charge < -0.3 is 34.8 Å². The van der Waals surface area contributed by atoms with Crippen molar-refractivity contribution in [3.63, 3.8) is 0 Å². The highest BCUT2D eigenvalue weighted by molar-refractivity contribution is 7.92. The van der Waals surface area contributed by atoms with Crippen LogP contribution in [0, 0.1) is 0 Å². The number of aromatic nitrogens is 3. The Kier molecular flexibility index (Phi) is 10.3. The van der Waals surface area contributed by atoms with E-state index < -0.39 is 15.1 Å². The van der Waals surface area contributed by atoms with Crippen LogP contribution in [-0.2, 0) is 14.6 Å². The van der Waals surface area contributed by atoms with E-state index in [1.165, 1.54) is 0 Å². The average Bonchev–Trinajstić information content (AvgIpc) is 3.09. The van der Waals surface area contributed by atoms with Gasteiger partial charge in [0.15, 0.2) is 9.84 Å². The van der Waals surface area contributed by atoms with Gasteiger partial charge in [0.1, 0.15) is 5.75 Å². The van der Waals surface area contributed by atoms with Crippen LogP contribution in [-0.4, -0.2) is 124 Å². The number of nitrogens with zero attached hydrogens (tertiary/aromatic N) is 7. The largest absolute Gasteiger partial charge is 0.494 e. The molecule has 0 saturated carbocycles. The summed E-state index contributed by atoms with van der Waals surface area (Å²) in [5.74, 6) is 1.69. The second-order valence-electron chi connectivity index (χ2n) is 12.7. The van der Waals surface area contributed by atoms with Crippen molar-refractivity contribution in [2.45, 2.75) is 42.9 Å². The summed E-state index contributed by atoms with van der Waals surface area (Å²) >= 11 is 0. The first-order valence-electron chi connectivity index (χ1n) is 16.5. The van der Waals surface area contributed by atoms with Crippen LogP contribution >= 0.6 is 0 Å². The Balaban J connectivity index is 1.22. The van der Waals surface area contributed by atoms with Gasteiger partial charge in [-0.2, -0.15) is 15.0 Å². The molecule has 0 spiro atoms. The number of likely N-dealkylation sites (N-methyl/N-ethyl adjacent to an activating group) is 1. The SMILES string of the molecule is COc1cc(N2CCC(N3CCN(C)CC3)CC2)ccc1Nc1nc(Nc2ccccc2S(=O)(=O)C(C)C)nc(N2CCOCC2)n1. The lowest BCUT2D eigenvalue weighted by atomic mass is 10.0. The first kappa shape index (κ1) is 33.2. The average molecular weight is 666 g/mol. The van der Waals surface area contributed by atoms with Crippen LogP contribution in [0.3, 0.4) is 0 Å². The van der Waals surface area contributed by atoms with E-state index in [1.54, 1.807) is 45.2 Å². The number of ether oxygens (including phenoxy) is 2. The summed E-state index contributed by atoms with van der Waals surface area (Å²) in [4.78, 5) is 23.8. The van der Waals surface area contributed by atoms with E-state index in [0.717, 1.165) is 63.5 Å². The van der Waals surface area contributed by atoms with Gasteiger partial charge in [0, 0.05) is 70.2 Å². The predicted octanol–water partition coefficient (Wildman–Crippen LogP) is 3.60. The molecule has 1 aromatic heterocycles. The van der Waals surface area contributed by atoms with Crippen molar-refractivity contribution < 1.29 is 17.9 Å². The third-order valence-electron chi connectivity index (χ3n) is 9.29. The summed E-state index contributed by atoms with van der Waals surface area (Å²) < 4.78 is 37.6. The van der Waals surface area contributed by atoms with Crippen molar-refractivity contribution in [3.05, 3.63) is 42.5 Å². The first-order valence-corrected chi connectivity index (χ1v) is 18.1. The van der Waals surface area contributed by atoms with Gasteiger partial charge in [0.05, 0.1) is 41.8 Å². The molecule has 0 bridgehead atoms. The standard InChI is InChI=1S/C33H47N9O4S/c1-24(2)47(43,44)30-8-6-5-7-28(30)35-32-36-31(37-33(38-32)42-19-21-46-22-20-42)34-27-10-9-26(23-29(27)45-4)40-13-11-25(12-14-40)41-17-15-39(3)16-18-41/h5-10,23-25H,11-22H2,1-4H3,(H2,34,35,36,37,38). The molecule has 0 amide bonds. The molecule has 47 heavy (non-hydrogen) atoms. The Labute approximate surface area is 278 Å². The van der Waals surface area contributed by atoms with E-state index in [0.29, 0.717) is 55.7 Å². The van der Waals surface area contributed by atoms with E-state index >= 15 is 0 Å². The fraction of sp³-hybridized carbons (Fsp3) is 0.545. The van der Waals surface area contributed by atoms with E-state index in [1.807, 2.05) is 11.0 Å². The van der Waals surface area contributed by atoms with E-state index in [2.05, 4.69) is 54.5 Å². The Hall–Kier alpha value is -3.72. The van der Waals surface area contributed by atoms with Gasteiger partial charge in [-0.3, -0.25) is 4.90 Å². The second-order valence-corrected chi connectivity index (χ2v) is 15.1. The normalized spacial score (nSPS) is 18.8. The molecule has 6 rings (SSSR count). The third kappa shape index (κ3) is 7.72. The van der Waals surface area contributed by atoms with Crippen molar-refractivity contribution in [1.29, 1.82) is 0 Å². The maximum Gasteiger partial charge on any atom is 0.233 e. The molecule has 0 unspecified atom stereocenters. The van der Waals surface area contributed by atoms with Crippen LogP contribution < -0.4 is 25.2 Å². The van der Waals surface area contributed by atoms with Gasteiger partial charge in [-0.15, -0.1) is 0 Å². The van der Waals surface area contributed by atoms with Crippen molar-refractivity contribution in [2.75, 3.05) is 100 Å². The molecule has 4 heterocycles. The van der Waals surface area contributed by atoms with Gasteiger partial charge in [-0.25, -0.2) is 8.42 Å². The Bertz CT molecular complexity index is 1620. The topological polar surface area (TPSA) is 128 Å². The number of para-hydroxylation sites is 1. The van der Waals surface area contributed by atoms with Crippen LogP contribution in [0.25, 0.3) is 0 Å². The Morgan fingerprint density at radius 1 is 0.830 bits per heavy atom. The number of sulfone groups is 1. The zero-order valence-corrected chi connectivity index (χ0v) is 28.7. The highest BCUT2D eigenvalue weighted by atomic mass is 32.2. The quantitative estimate of drug-likeness (QED) is 0.328. The highest BCUT2D eigenvalue weighted by Crippen LogP contribution is 2.34. The number of anilines is 6. The Morgan fingerprint density at radius 2 is 1.49 bits per heavy atom. The summed E-state index contributed by atoms with van der Waals surface area (Å²) in [5, 5.41) is 5.93. The maximum atomic E-state index is 13.1. The maximum absolute atomic E-state index is 13.1. The number of benzene rings is 2. The second kappa shape index (κ2) is 14.6. The molecule has 2 aromatic carbocycles. The number of morpholine rings is 1. The van der Waals surface area contributed by atoms with Gasteiger partial charge in [0.25, 0.3) is 0 Å². The number of hydrogen-bond donors (Lipinski definition) is 2. The molecular formula is C33H47N9O4S. The van der Waals surface area contributed by atoms with Crippen LogP contribution in [0.15, 0.2) is 47.4 Å². The smallest absolute Gasteiger partial charge is 0.233 e. The fourth-order valence-electron chi connectivity index (χ4n) is 6.35. The molecule has 0 aliphatic carbocycles. The molecule has 3 aliphatic heterocycles. The highest BCUT2D eigenvalue weighted by Gasteiger charge is 2.28. The number of rotatable bonds is 10. The molecular weight excluding hydrogens is 618 g/mol. The van der Waals surface area contributed by atoms with Gasteiger partial charge >= 0.3 is 0 Å². The molecule has 13 nitrogen and oxygen atoms in total. The number of hydrogen-bond acceptors (Lipinski definition) is 13. The lowest BCUT2D eigenvalue weighted by molar-refractivity contribution is 0.0982. The molecule has 254 valence electrons. The van der Waals surface area contributed by atoms with Gasteiger partial charge in [-0.1, -0.05) is 12.1 Å². The summed E-state index contributed by atoms with van der Waals surface area (Å²) in [7, 11) is 0.313. The van der Waals surface area contributed by atoms with E-state index in [-0.39, 0.29) is 10.8 Å². The lowest BCUT2D eigenvalue weighted by Gasteiger charge is -2.42. The summed E-state index contributed by atoms with van der Waals surface area (Å²) in [6, 6.07) is 13.6. The van der Waals surface area contributed by atoms with Crippen molar-refractivity contribution in [2.24, 2.45) is 0 Å². The molecule has 14 heteroatoms. The number of piperazine rings is 1. The first-order chi connectivity index (χ1) is 22.7. The number of piperidine rings is 1. The molecule has 3 fully saturated rings. The molecule has 3 aromatic rings. The van der Waals surface area contributed by atoms with Crippen LogP contribution in [0.2, 0.25) is 0 Å².